The number of rotatable bonds is 4. The second-order valence-corrected chi connectivity index (χ2v) is 6.86. The summed E-state index contributed by atoms with van der Waals surface area (Å²) in [6, 6.07) is 5.00. The van der Waals surface area contributed by atoms with Crippen molar-refractivity contribution in [2.24, 2.45) is 0 Å². The molecule has 3 amide bonds. The van der Waals surface area contributed by atoms with Crippen LogP contribution in [0.4, 0.5) is 15.6 Å². The fourth-order valence-corrected chi connectivity index (χ4v) is 3.72. The minimum absolute atomic E-state index is 0.155. The second kappa shape index (κ2) is 7.61. The maximum absolute atomic E-state index is 12.6. The molecule has 1 aromatic heterocycles. The van der Waals surface area contributed by atoms with Gasteiger partial charge in [0.2, 0.25) is 5.91 Å². The number of nitrogens with one attached hydrogen (secondary N) is 2. The molecule has 2 aromatic rings. The number of carbonyl (C=O) groups excluding carboxylic acids is 2. The van der Waals surface area contributed by atoms with E-state index in [4.69, 9.17) is 9.47 Å². The number of aromatic nitrogens is 1. The van der Waals surface area contributed by atoms with Gasteiger partial charge in [-0.05, 0) is 0 Å². The van der Waals surface area contributed by atoms with Gasteiger partial charge in [0.15, 0.2) is 5.13 Å². The molecule has 9 heteroatoms. The number of carbonyl (C=O) groups is 2. The van der Waals surface area contributed by atoms with Crippen molar-refractivity contribution < 1.29 is 19.1 Å². The van der Waals surface area contributed by atoms with Crippen LogP contribution in [0.15, 0.2) is 18.2 Å². The Morgan fingerprint density at radius 2 is 1.85 bits per heavy atom. The highest BCUT2D eigenvalue weighted by molar-refractivity contribution is 7.15. The zero-order valence-electron chi connectivity index (χ0n) is 14.8. The lowest BCUT2D eigenvalue weighted by Crippen LogP contribution is -2.38. The summed E-state index contributed by atoms with van der Waals surface area (Å²) in [6.07, 6.45) is 0.653. The highest BCUT2D eigenvalue weighted by Gasteiger charge is 2.24. The maximum atomic E-state index is 12.6. The van der Waals surface area contributed by atoms with E-state index in [1.165, 1.54) is 18.3 Å². The summed E-state index contributed by atoms with van der Waals surface area (Å²) in [6.45, 7) is 2.46. The summed E-state index contributed by atoms with van der Waals surface area (Å²) in [4.78, 5) is 30.9. The minimum atomic E-state index is -0.208. The zero-order valence-corrected chi connectivity index (χ0v) is 15.6. The van der Waals surface area contributed by atoms with Gasteiger partial charge in [0.25, 0.3) is 0 Å². The van der Waals surface area contributed by atoms with Crippen LogP contribution in [0.5, 0.6) is 11.5 Å². The number of anilines is 2. The fourth-order valence-electron chi connectivity index (χ4n) is 2.66. The molecule has 2 N–H and O–H groups in total. The number of ether oxygens (including phenoxy) is 2. The van der Waals surface area contributed by atoms with Crippen LogP contribution in [0.2, 0.25) is 0 Å². The van der Waals surface area contributed by atoms with Crippen molar-refractivity contribution in [1.29, 1.82) is 0 Å². The summed E-state index contributed by atoms with van der Waals surface area (Å²) in [5, 5.41) is 6.14. The van der Waals surface area contributed by atoms with E-state index in [-0.39, 0.29) is 11.9 Å². The SMILES string of the molecule is COc1cc(NC(=O)N2CCc3nc(NC(C)=O)sc3C2)cc(OC)c1. The molecule has 8 nitrogen and oxygen atoms in total. The number of amides is 3. The topological polar surface area (TPSA) is 92.8 Å². The third-order valence-corrected chi connectivity index (χ3v) is 4.90. The predicted molar refractivity (Wildman–Crippen MR) is 99.1 cm³/mol. The van der Waals surface area contributed by atoms with Crippen LogP contribution in [0, 0.1) is 0 Å². The molecule has 0 radical (unpaired) electrons. The van der Waals surface area contributed by atoms with Gasteiger partial charge in [0.05, 0.1) is 26.5 Å². The molecule has 138 valence electrons. The molecular weight excluding hydrogens is 356 g/mol. The number of hydrogen-bond acceptors (Lipinski definition) is 6. The Kier molecular flexibility index (Phi) is 5.27. The van der Waals surface area contributed by atoms with Crippen molar-refractivity contribution in [2.75, 3.05) is 31.4 Å². The van der Waals surface area contributed by atoms with Crippen molar-refractivity contribution in [3.8, 4) is 11.5 Å². The molecule has 0 unspecified atom stereocenters. The number of hydrogen-bond donors (Lipinski definition) is 2. The second-order valence-electron chi connectivity index (χ2n) is 5.77. The van der Waals surface area contributed by atoms with E-state index in [0.29, 0.717) is 41.8 Å². The van der Waals surface area contributed by atoms with Gasteiger partial charge in [-0.3, -0.25) is 4.79 Å². The van der Waals surface area contributed by atoms with Crippen molar-refractivity contribution >= 4 is 34.1 Å². The van der Waals surface area contributed by atoms with Gasteiger partial charge >= 0.3 is 6.03 Å². The highest BCUT2D eigenvalue weighted by atomic mass is 32.1. The summed E-state index contributed by atoms with van der Waals surface area (Å²) >= 11 is 1.40. The first kappa shape index (κ1) is 18.0. The predicted octanol–water partition coefficient (Wildman–Crippen LogP) is 2.71. The lowest BCUT2D eigenvalue weighted by atomic mass is 10.2. The Balaban J connectivity index is 1.70. The molecule has 3 rings (SSSR count). The quantitative estimate of drug-likeness (QED) is 0.856. The third-order valence-electron chi connectivity index (χ3n) is 3.90. The van der Waals surface area contributed by atoms with E-state index in [0.717, 1.165) is 10.6 Å². The number of urea groups is 1. The summed E-state index contributed by atoms with van der Waals surface area (Å²) < 4.78 is 10.4. The Hall–Kier alpha value is -2.81. The smallest absolute Gasteiger partial charge is 0.322 e. The number of fused-ring (bicyclic) bond motifs is 1. The van der Waals surface area contributed by atoms with Crippen molar-refractivity contribution in [3.63, 3.8) is 0 Å². The first-order valence-electron chi connectivity index (χ1n) is 8.03. The summed E-state index contributed by atoms with van der Waals surface area (Å²) in [7, 11) is 3.12. The van der Waals surface area contributed by atoms with Crippen LogP contribution in [0.1, 0.15) is 17.5 Å². The molecule has 0 aliphatic carbocycles. The lowest BCUT2D eigenvalue weighted by Gasteiger charge is -2.26. The molecule has 1 aromatic carbocycles. The van der Waals surface area contributed by atoms with Crippen molar-refractivity contribution in [3.05, 3.63) is 28.8 Å². The molecule has 0 saturated heterocycles. The Bertz CT molecular complexity index is 814. The first-order valence-corrected chi connectivity index (χ1v) is 8.85. The number of benzene rings is 1. The molecule has 1 aliphatic heterocycles. The monoisotopic (exact) mass is 376 g/mol. The summed E-state index contributed by atoms with van der Waals surface area (Å²) in [5.74, 6) is 1.05. The Labute approximate surface area is 155 Å². The highest BCUT2D eigenvalue weighted by Crippen LogP contribution is 2.29. The van der Waals surface area contributed by atoms with Crippen LogP contribution in [-0.4, -0.2) is 42.6 Å². The van der Waals surface area contributed by atoms with Gasteiger partial charge in [0, 0.05) is 48.7 Å². The van der Waals surface area contributed by atoms with Crippen LogP contribution < -0.4 is 20.1 Å². The first-order chi connectivity index (χ1) is 12.5. The third kappa shape index (κ3) is 4.05. The van der Waals surface area contributed by atoms with Gasteiger partial charge in [-0.15, -0.1) is 0 Å². The van der Waals surface area contributed by atoms with Gasteiger partial charge < -0.3 is 25.0 Å². The van der Waals surface area contributed by atoms with Crippen molar-refractivity contribution in [1.82, 2.24) is 9.88 Å². The minimum Gasteiger partial charge on any atom is -0.497 e. The van der Waals surface area contributed by atoms with E-state index in [9.17, 15) is 9.59 Å². The molecule has 0 saturated carbocycles. The van der Waals surface area contributed by atoms with Gasteiger partial charge in [0.1, 0.15) is 11.5 Å². The number of thiazole rings is 1. The van der Waals surface area contributed by atoms with E-state index < -0.39 is 0 Å². The average molecular weight is 376 g/mol. The molecular formula is C17H20N4O4S. The van der Waals surface area contributed by atoms with Gasteiger partial charge in [-0.2, -0.15) is 0 Å². The van der Waals surface area contributed by atoms with E-state index >= 15 is 0 Å². The van der Waals surface area contributed by atoms with Crippen LogP contribution in [-0.2, 0) is 17.8 Å². The summed E-state index contributed by atoms with van der Waals surface area (Å²) in [5.41, 5.74) is 1.53. The van der Waals surface area contributed by atoms with Crippen molar-refractivity contribution in [2.45, 2.75) is 19.9 Å². The van der Waals surface area contributed by atoms with Gasteiger partial charge in [-0.1, -0.05) is 11.3 Å². The van der Waals surface area contributed by atoms with E-state index in [1.54, 1.807) is 37.3 Å². The lowest BCUT2D eigenvalue weighted by molar-refractivity contribution is -0.114. The Morgan fingerprint density at radius 1 is 1.15 bits per heavy atom. The van der Waals surface area contributed by atoms with Gasteiger partial charge in [-0.25, -0.2) is 9.78 Å². The van der Waals surface area contributed by atoms with E-state index in [2.05, 4.69) is 15.6 Å². The molecule has 2 heterocycles. The van der Waals surface area contributed by atoms with Crippen LogP contribution in [0.3, 0.4) is 0 Å². The largest absolute Gasteiger partial charge is 0.497 e. The average Bonchev–Trinajstić information content (AvgIpc) is 3.01. The standard InChI is InChI=1S/C17H20N4O4S/c1-10(22)18-16-20-14-4-5-21(9-15(14)26-16)17(23)19-11-6-12(24-2)8-13(7-11)25-3/h6-8H,4-5,9H2,1-3H3,(H,19,23)(H,18,20,22). The molecule has 0 spiro atoms. The normalized spacial score (nSPS) is 13.0. The zero-order chi connectivity index (χ0) is 18.7. The van der Waals surface area contributed by atoms with Crippen LogP contribution in [0.25, 0.3) is 0 Å². The van der Waals surface area contributed by atoms with Crippen LogP contribution >= 0.6 is 11.3 Å². The van der Waals surface area contributed by atoms with E-state index in [1.807, 2.05) is 0 Å². The molecule has 0 bridgehead atoms. The molecule has 0 fully saturated rings. The number of methoxy groups -OCH3 is 2. The maximum Gasteiger partial charge on any atom is 0.322 e. The molecule has 1 aliphatic rings. The molecule has 0 atom stereocenters. The number of nitrogens with zero attached hydrogens (tertiary/aromatic N) is 2. The fraction of sp³-hybridized carbons (Fsp3) is 0.353. The molecule has 26 heavy (non-hydrogen) atoms. The Morgan fingerprint density at radius 3 is 2.46 bits per heavy atom.